The molecule has 3 rings (SSSR count). The van der Waals surface area contributed by atoms with Gasteiger partial charge in [-0.3, -0.25) is 0 Å². The summed E-state index contributed by atoms with van der Waals surface area (Å²) in [5.41, 5.74) is 4.15. The molecule has 1 unspecified atom stereocenters. The number of benzene rings is 2. The molecule has 2 heteroatoms. The van der Waals surface area contributed by atoms with Gasteiger partial charge in [0, 0.05) is 12.2 Å². The lowest BCUT2D eigenvalue weighted by Gasteiger charge is -2.26. The van der Waals surface area contributed by atoms with E-state index >= 15 is 0 Å². The van der Waals surface area contributed by atoms with E-state index in [0.717, 1.165) is 31.7 Å². The Morgan fingerprint density at radius 1 is 1.10 bits per heavy atom. The van der Waals surface area contributed by atoms with Gasteiger partial charge in [0.15, 0.2) is 0 Å². The molecule has 21 heavy (non-hydrogen) atoms. The number of hydrogen-bond donors (Lipinski definition) is 1. The summed E-state index contributed by atoms with van der Waals surface area (Å²) in [4.78, 5) is 0. The molecule has 0 bridgehead atoms. The van der Waals surface area contributed by atoms with Crippen LogP contribution in [-0.2, 0) is 6.42 Å². The third-order valence-electron chi connectivity index (χ3n) is 4.09. The zero-order valence-corrected chi connectivity index (χ0v) is 12.6. The molecule has 1 atom stereocenters. The van der Waals surface area contributed by atoms with Crippen molar-refractivity contribution in [3.8, 4) is 5.75 Å². The molecule has 0 aliphatic carbocycles. The molecule has 1 N–H and O–H groups in total. The van der Waals surface area contributed by atoms with Crippen LogP contribution in [0.2, 0.25) is 0 Å². The number of para-hydroxylation sites is 1. The van der Waals surface area contributed by atoms with Crippen LogP contribution in [0.1, 0.15) is 36.8 Å². The third kappa shape index (κ3) is 3.38. The van der Waals surface area contributed by atoms with Crippen molar-refractivity contribution >= 4 is 5.69 Å². The SMILES string of the molecule is CCCOc1ccc(CC2CCNc3ccccc32)cc1. The average molecular weight is 281 g/mol. The number of ether oxygens (including phenoxy) is 1. The molecule has 0 saturated heterocycles. The first kappa shape index (κ1) is 14.0. The van der Waals surface area contributed by atoms with Gasteiger partial charge in [-0.25, -0.2) is 0 Å². The van der Waals surface area contributed by atoms with Crippen molar-refractivity contribution in [2.75, 3.05) is 18.5 Å². The standard InChI is InChI=1S/C19H23NO/c1-2-13-21-17-9-7-15(8-10-17)14-16-11-12-20-19-6-4-3-5-18(16)19/h3-10,16,20H,2,11-14H2,1H3. The Balaban J connectivity index is 1.70. The van der Waals surface area contributed by atoms with Gasteiger partial charge in [-0.15, -0.1) is 0 Å². The van der Waals surface area contributed by atoms with Crippen LogP contribution in [0.5, 0.6) is 5.75 Å². The van der Waals surface area contributed by atoms with Gasteiger partial charge in [0.2, 0.25) is 0 Å². The van der Waals surface area contributed by atoms with Gasteiger partial charge in [-0.2, -0.15) is 0 Å². The summed E-state index contributed by atoms with van der Waals surface area (Å²) in [5, 5.41) is 3.49. The summed E-state index contributed by atoms with van der Waals surface area (Å²) in [6.45, 7) is 3.99. The van der Waals surface area contributed by atoms with Crippen molar-refractivity contribution < 1.29 is 4.74 Å². The van der Waals surface area contributed by atoms with Crippen LogP contribution >= 0.6 is 0 Å². The second-order valence-electron chi connectivity index (χ2n) is 5.70. The number of rotatable bonds is 5. The van der Waals surface area contributed by atoms with Crippen LogP contribution in [0.15, 0.2) is 48.5 Å². The summed E-state index contributed by atoms with van der Waals surface area (Å²) in [6, 6.07) is 17.3. The minimum absolute atomic E-state index is 0.616. The first-order valence-corrected chi connectivity index (χ1v) is 7.91. The van der Waals surface area contributed by atoms with Crippen LogP contribution in [0.4, 0.5) is 5.69 Å². The lowest BCUT2D eigenvalue weighted by molar-refractivity contribution is 0.317. The second kappa shape index (κ2) is 6.66. The number of fused-ring (bicyclic) bond motifs is 1. The smallest absolute Gasteiger partial charge is 0.119 e. The van der Waals surface area contributed by atoms with Crippen molar-refractivity contribution in [3.63, 3.8) is 0 Å². The molecule has 2 aromatic rings. The Hall–Kier alpha value is -1.96. The van der Waals surface area contributed by atoms with Gasteiger partial charge in [-0.05, 0) is 54.5 Å². The lowest BCUT2D eigenvalue weighted by Crippen LogP contribution is -2.18. The largest absolute Gasteiger partial charge is 0.494 e. The van der Waals surface area contributed by atoms with Crippen LogP contribution < -0.4 is 10.1 Å². The molecule has 0 saturated carbocycles. The molecule has 0 amide bonds. The van der Waals surface area contributed by atoms with E-state index in [2.05, 4.69) is 60.8 Å². The minimum Gasteiger partial charge on any atom is -0.494 e. The van der Waals surface area contributed by atoms with Gasteiger partial charge in [0.05, 0.1) is 6.61 Å². The summed E-state index contributed by atoms with van der Waals surface area (Å²) in [7, 11) is 0. The highest BCUT2D eigenvalue weighted by molar-refractivity contribution is 5.55. The molecule has 0 radical (unpaired) electrons. The Morgan fingerprint density at radius 3 is 2.71 bits per heavy atom. The quantitative estimate of drug-likeness (QED) is 0.863. The topological polar surface area (TPSA) is 21.3 Å². The van der Waals surface area contributed by atoms with Crippen molar-refractivity contribution in [2.24, 2.45) is 0 Å². The molecular weight excluding hydrogens is 258 g/mol. The molecule has 1 aliphatic rings. The van der Waals surface area contributed by atoms with Gasteiger partial charge in [-0.1, -0.05) is 37.3 Å². The highest BCUT2D eigenvalue weighted by atomic mass is 16.5. The first-order chi connectivity index (χ1) is 10.4. The summed E-state index contributed by atoms with van der Waals surface area (Å²) >= 11 is 0. The lowest BCUT2D eigenvalue weighted by atomic mass is 9.86. The van der Waals surface area contributed by atoms with Crippen molar-refractivity contribution in [3.05, 3.63) is 59.7 Å². The van der Waals surface area contributed by atoms with E-state index in [4.69, 9.17) is 4.74 Å². The van der Waals surface area contributed by atoms with E-state index in [1.54, 1.807) is 0 Å². The molecule has 1 heterocycles. The van der Waals surface area contributed by atoms with E-state index in [1.807, 2.05) is 0 Å². The fraction of sp³-hybridized carbons (Fsp3) is 0.368. The van der Waals surface area contributed by atoms with Crippen LogP contribution in [0.25, 0.3) is 0 Å². The van der Waals surface area contributed by atoms with Crippen LogP contribution in [0.3, 0.4) is 0 Å². The zero-order chi connectivity index (χ0) is 14.5. The molecule has 0 spiro atoms. The summed E-state index contributed by atoms with van der Waals surface area (Å²) in [5.74, 6) is 1.59. The molecule has 0 fully saturated rings. The number of anilines is 1. The molecule has 1 aliphatic heterocycles. The number of nitrogens with one attached hydrogen (secondary N) is 1. The van der Waals surface area contributed by atoms with E-state index in [9.17, 15) is 0 Å². The van der Waals surface area contributed by atoms with E-state index in [-0.39, 0.29) is 0 Å². The Morgan fingerprint density at radius 2 is 1.90 bits per heavy atom. The van der Waals surface area contributed by atoms with Gasteiger partial charge in [0.1, 0.15) is 5.75 Å². The fourth-order valence-corrected chi connectivity index (χ4v) is 2.99. The Labute approximate surface area is 127 Å². The first-order valence-electron chi connectivity index (χ1n) is 7.91. The number of hydrogen-bond acceptors (Lipinski definition) is 2. The maximum Gasteiger partial charge on any atom is 0.119 e. The van der Waals surface area contributed by atoms with Crippen molar-refractivity contribution in [1.82, 2.24) is 0 Å². The van der Waals surface area contributed by atoms with Gasteiger partial charge in [0.25, 0.3) is 0 Å². The third-order valence-corrected chi connectivity index (χ3v) is 4.09. The molecule has 2 nitrogen and oxygen atoms in total. The maximum absolute atomic E-state index is 5.65. The zero-order valence-electron chi connectivity index (χ0n) is 12.6. The van der Waals surface area contributed by atoms with Gasteiger partial charge >= 0.3 is 0 Å². The summed E-state index contributed by atoms with van der Waals surface area (Å²) in [6.07, 6.45) is 3.35. The van der Waals surface area contributed by atoms with Crippen molar-refractivity contribution in [2.45, 2.75) is 32.1 Å². The van der Waals surface area contributed by atoms with E-state index in [0.29, 0.717) is 5.92 Å². The molecule has 2 aromatic carbocycles. The molecule has 0 aromatic heterocycles. The minimum atomic E-state index is 0.616. The monoisotopic (exact) mass is 281 g/mol. The van der Waals surface area contributed by atoms with Crippen LogP contribution in [-0.4, -0.2) is 13.2 Å². The second-order valence-corrected chi connectivity index (χ2v) is 5.70. The highest BCUT2D eigenvalue weighted by Gasteiger charge is 2.19. The average Bonchev–Trinajstić information content (AvgIpc) is 2.55. The van der Waals surface area contributed by atoms with Crippen LogP contribution in [0, 0.1) is 0 Å². The van der Waals surface area contributed by atoms with E-state index < -0.39 is 0 Å². The highest BCUT2D eigenvalue weighted by Crippen LogP contribution is 2.33. The summed E-state index contributed by atoms with van der Waals surface area (Å²) < 4.78 is 5.65. The predicted molar refractivity (Wildman–Crippen MR) is 88.2 cm³/mol. The Kier molecular flexibility index (Phi) is 4.44. The molecular formula is C19H23NO. The fourth-order valence-electron chi connectivity index (χ4n) is 2.99. The molecule has 110 valence electrons. The maximum atomic E-state index is 5.65. The Bertz CT molecular complexity index is 576. The van der Waals surface area contributed by atoms with Crippen molar-refractivity contribution in [1.29, 1.82) is 0 Å². The van der Waals surface area contributed by atoms with E-state index in [1.165, 1.54) is 23.2 Å². The predicted octanol–water partition coefficient (Wildman–Crippen LogP) is 4.62. The van der Waals surface area contributed by atoms with Gasteiger partial charge < -0.3 is 10.1 Å². The normalized spacial score (nSPS) is 16.9.